The Bertz CT molecular complexity index is 1030. The summed E-state index contributed by atoms with van der Waals surface area (Å²) in [6, 6.07) is 10.1. The Hall–Kier alpha value is -3.39. The number of amides is 2. The molecule has 3 rings (SSSR count). The second-order valence-corrected chi connectivity index (χ2v) is 7.41. The van der Waals surface area contributed by atoms with E-state index in [0.717, 1.165) is 35.6 Å². The van der Waals surface area contributed by atoms with E-state index < -0.39 is 5.91 Å². The summed E-state index contributed by atoms with van der Waals surface area (Å²) >= 11 is 6.17. The van der Waals surface area contributed by atoms with Crippen LogP contribution in [0.4, 0.5) is 11.5 Å². The molecule has 1 aliphatic carbocycles. The van der Waals surface area contributed by atoms with Gasteiger partial charge in [-0.15, -0.1) is 0 Å². The normalized spacial score (nSPS) is 18.6. The fourth-order valence-corrected chi connectivity index (χ4v) is 3.54. The Morgan fingerprint density at radius 1 is 1.26 bits per heavy atom. The predicted octanol–water partition coefficient (Wildman–Crippen LogP) is 3.60. The SMILES string of the molecule is COc1ccc(N=C2CCCC(NC(=O)c3nc(NC(C)=O)ccc3Cl)/C2=C/N)cc1. The molecule has 1 aromatic carbocycles. The Morgan fingerprint density at radius 2 is 2.00 bits per heavy atom. The van der Waals surface area contributed by atoms with Crippen LogP contribution < -0.4 is 21.1 Å². The molecule has 0 radical (unpaired) electrons. The minimum absolute atomic E-state index is 0.0310. The molecule has 0 saturated heterocycles. The highest BCUT2D eigenvalue weighted by Crippen LogP contribution is 2.26. The molecule has 1 fully saturated rings. The van der Waals surface area contributed by atoms with Gasteiger partial charge in [0.25, 0.3) is 5.91 Å². The maximum atomic E-state index is 12.9. The van der Waals surface area contributed by atoms with Crippen LogP contribution >= 0.6 is 11.6 Å². The average molecular weight is 442 g/mol. The molecule has 1 saturated carbocycles. The van der Waals surface area contributed by atoms with Gasteiger partial charge >= 0.3 is 0 Å². The van der Waals surface area contributed by atoms with Crippen molar-refractivity contribution in [2.45, 2.75) is 32.2 Å². The molecule has 31 heavy (non-hydrogen) atoms. The third-order valence-corrected chi connectivity index (χ3v) is 5.11. The second kappa shape index (κ2) is 10.1. The van der Waals surface area contributed by atoms with Crippen molar-refractivity contribution >= 4 is 40.6 Å². The van der Waals surface area contributed by atoms with Crippen molar-refractivity contribution in [3.05, 3.63) is 58.9 Å². The first-order valence-corrected chi connectivity index (χ1v) is 10.2. The number of anilines is 1. The Kier molecular flexibility index (Phi) is 7.25. The highest BCUT2D eigenvalue weighted by Gasteiger charge is 2.27. The smallest absolute Gasteiger partial charge is 0.272 e. The lowest BCUT2D eigenvalue weighted by Crippen LogP contribution is -2.41. The third kappa shape index (κ3) is 5.61. The van der Waals surface area contributed by atoms with E-state index in [4.69, 9.17) is 27.1 Å². The minimum Gasteiger partial charge on any atom is -0.497 e. The molecule has 1 aromatic heterocycles. The first-order valence-electron chi connectivity index (χ1n) is 9.80. The van der Waals surface area contributed by atoms with Gasteiger partial charge in [-0.1, -0.05) is 11.6 Å². The molecule has 162 valence electrons. The quantitative estimate of drug-likeness (QED) is 0.655. The Morgan fingerprint density at radius 3 is 2.65 bits per heavy atom. The number of ether oxygens (including phenoxy) is 1. The molecular weight excluding hydrogens is 418 g/mol. The van der Waals surface area contributed by atoms with Crippen molar-refractivity contribution in [2.75, 3.05) is 12.4 Å². The zero-order valence-electron chi connectivity index (χ0n) is 17.3. The van der Waals surface area contributed by atoms with Crippen LogP contribution in [0.3, 0.4) is 0 Å². The van der Waals surface area contributed by atoms with E-state index in [1.807, 2.05) is 24.3 Å². The van der Waals surface area contributed by atoms with E-state index in [-0.39, 0.29) is 28.5 Å². The van der Waals surface area contributed by atoms with Crippen LogP contribution in [0, 0.1) is 0 Å². The van der Waals surface area contributed by atoms with E-state index in [2.05, 4.69) is 15.6 Å². The molecule has 1 heterocycles. The van der Waals surface area contributed by atoms with Crippen molar-refractivity contribution < 1.29 is 14.3 Å². The van der Waals surface area contributed by atoms with Crippen molar-refractivity contribution in [1.29, 1.82) is 0 Å². The van der Waals surface area contributed by atoms with Gasteiger partial charge < -0.3 is 21.1 Å². The van der Waals surface area contributed by atoms with Crippen molar-refractivity contribution in [2.24, 2.45) is 10.7 Å². The van der Waals surface area contributed by atoms with Gasteiger partial charge in [-0.25, -0.2) is 4.98 Å². The van der Waals surface area contributed by atoms with Crippen LogP contribution in [-0.4, -0.2) is 35.7 Å². The fourth-order valence-electron chi connectivity index (χ4n) is 3.35. The summed E-state index contributed by atoms with van der Waals surface area (Å²) in [4.78, 5) is 33.0. The zero-order chi connectivity index (χ0) is 22.4. The number of carbonyl (C=O) groups is 2. The summed E-state index contributed by atoms with van der Waals surface area (Å²) in [5, 5.41) is 5.68. The summed E-state index contributed by atoms with van der Waals surface area (Å²) in [6.45, 7) is 1.36. The van der Waals surface area contributed by atoms with Crippen LogP contribution in [0.5, 0.6) is 5.75 Å². The lowest BCUT2D eigenvalue weighted by Gasteiger charge is -2.27. The molecule has 1 aliphatic rings. The number of carbonyl (C=O) groups excluding carboxylic acids is 2. The number of pyridine rings is 1. The maximum absolute atomic E-state index is 12.9. The van der Waals surface area contributed by atoms with Crippen molar-refractivity contribution in [3.63, 3.8) is 0 Å². The molecule has 2 aromatic rings. The van der Waals surface area contributed by atoms with Crippen LogP contribution in [0.1, 0.15) is 36.7 Å². The predicted molar refractivity (Wildman–Crippen MR) is 121 cm³/mol. The molecule has 0 bridgehead atoms. The number of hydrogen-bond donors (Lipinski definition) is 3. The molecule has 2 amide bonds. The molecule has 8 nitrogen and oxygen atoms in total. The molecule has 1 atom stereocenters. The summed E-state index contributed by atoms with van der Waals surface area (Å²) in [5.74, 6) is 0.258. The van der Waals surface area contributed by atoms with Gasteiger partial charge in [-0.05, 0) is 55.7 Å². The number of halogens is 1. The lowest BCUT2D eigenvalue weighted by atomic mass is 9.88. The second-order valence-electron chi connectivity index (χ2n) is 7.00. The number of nitrogens with zero attached hydrogens (tertiary/aromatic N) is 2. The largest absolute Gasteiger partial charge is 0.497 e. The molecular formula is C22H24ClN5O3. The number of aliphatic imine (C=N–C) groups is 1. The summed E-state index contributed by atoms with van der Waals surface area (Å²) < 4.78 is 5.18. The van der Waals surface area contributed by atoms with Gasteiger partial charge in [0.15, 0.2) is 0 Å². The average Bonchev–Trinajstić information content (AvgIpc) is 2.75. The zero-order valence-corrected chi connectivity index (χ0v) is 18.1. The van der Waals surface area contributed by atoms with E-state index in [1.165, 1.54) is 25.3 Å². The number of nitrogens with two attached hydrogens (primary N) is 1. The number of rotatable bonds is 5. The Labute approximate surface area is 185 Å². The summed E-state index contributed by atoms with van der Waals surface area (Å²) in [6.07, 6.45) is 3.78. The van der Waals surface area contributed by atoms with E-state index >= 15 is 0 Å². The topological polar surface area (TPSA) is 119 Å². The summed E-state index contributed by atoms with van der Waals surface area (Å²) in [7, 11) is 1.61. The summed E-state index contributed by atoms with van der Waals surface area (Å²) in [5.41, 5.74) is 8.28. The molecule has 0 spiro atoms. The van der Waals surface area contributed by atoms with Crippen LogP contribution in [0.15, 0.2) is 53.2 Å². The van der Waals surface area contributed by atoms with Gasteiger partial charge in [0.1, 0.15) is 17.3 Å². The van der Waals surface area contributed by atoms with E-state index in [9.17, 15) is 9.59 Å². The van der Waals surface area contributed by atoms with Gasteiger partial charge in [0, 0.05) is 24.4 Å². The van der Waals surface area contributed by atoms with Gasteiger partial charge in [0.05, 0.1) is 23.9 Å². The maximum Gasteiger partial charge on any atom is 0.272 e. The first-order chi connectivity index (χ1) is 14.9. The van der Waals surface area contributed by atoms with Crippen molar-refractivity contribution in [1.82, 2.24) is 10.3 Å². The van der Waals surface area contributed by atoms with Crippen LogP contribution in [-0.2, 0) is 4.79 Å². The number of methoxy groups -OCH3 is 1. The van der Waals surface area contributed by atoms with Gasteiger partial charge in [0.2, 0.25) is 5.91 Å². The van der Waals surface area contributed by atoms with E-state index in [1.54, 1.807) is 7.11 Å². The highest BCUT2D eigenvalue weighted by atomic mass is 35.5. The number of hydrogen-bond acceptors (Lipinski definition) is 6. The van der Waals surface area contributed by atoms with Crippen LogP contribution in [0.2, 0.25) is 5.02 Å². The standard InChI is InChI=1S/C22H24ClN5O3/c1-13(29)25-20-11-10-17(23)21(28-20)22(30)27-19-5-3-4-18(16(19)12-24)26-14-6-8-15(31-2)9-7-14/h6-12,19H,3-5,24H2,1-2H3,(H,27,30)(H,25,28,29)/b16-12+,26-18?. The first kappa shape index (κ1) is 22.3. The van der Waals surface area contributed by atoms with Crippen LogP contribution in [0.25, 0.3) is 0 Å². The fraction of sp³-hybridized carbons (Fsp3) is 0.273. The van der Waals surface area contributed by atoms with E-state index in [0.29, 0.717) is 6.42 Å². The molecule has 1 unspecified atom stereocenters. The monoisotopic (exact) mass is 441 g/mol. The van der Waals surface area contributed by atoms with Gasteiger partial charge in [-0.3, -0.25) is 14.6 Å². The number of benzene rings is 1. The molecule has 9 heteroatoms. The molecule has 4 N–H and O–H groups in total. The molecule has 0 aliphatic heterocycles. The number of aromatic nitrogens is 1. The van der Waals surface area contributed by atoms with Gasteiger partial charge in [-0.2, -0.15) is 0 Å². The number of nitrogens with one attached hydrogen (secondary N) is 2. The third-order valence-electron chi connectivity index (χ3n) is 4.80. The lowest BCUT2D eigenvalue weighted by molar-refractivity contribution is -0.114. The Balaban J connectivity index is 1.80. The van der Waals surface area contributed by atoms with Crippen molar-refractivity contribution in [3.8, 4) is 5.75 Å². The minimum atomic E-state index is -0.452. The highest BCUT2D eigenvalue weighted by molar-refractivity contribution is 6.33.